The monoisotopic (exact) mass is 902 g/mol. The molecule has 66 heavy (non-hydrogen) atoms. The van der Waals surface area contributed by atoms with E-state index in [1.165, 1.54) is 10.6 Å². The molecule has 0 bridgehead atoms. The number of aliphatic hydroxyl groups is 1. The number of nitrogens with zero attached hydrogens (tertiary/aromatic N) is 2. The summed E-state index contributed by atoms with van der Waals surface area (Å²) in [6, 6.07) is 16.7. The van der Waals surface area contributed by atoms with E-state index in [0.717, 1.165) is 11.1 Å². The lowest BCUT2D eigenvalue weighted by Crippen LogP contribution is -2.51. The van der Waals surface area contributed by atoms with Gasteiger partial charge in [0.05, 0.1) is 54.7 Å². The maximum atomic E-state index is 15.3. The number of aryl methyl sites for hydroxylation is 1. The number of benzene rings is 3. The highest BCUT2D eigenvalue weighted by Crippen LogP contribution is 2.46. The molecule has 4 heterocycles. The zero-order valence-corrected chi connectivity index (χ0v) is 36.0. The van der Waals surface area contributed by atoms with E-state index in [9.17, 15) is 38.7 Å². The van der Waals surface area contributed by atoms with E-state index < -0.39 is 71.3 Å². The Bertz CT molecular complexity index is 2870. The van der Waals surface area contributed by atoms with Crippen molar-refractivity contribution >= 4 is 52.3 Å². The van der Waals surface area contributed by atoms with Crippen LogP contribution in [0, 0.1) is 12.7 Å². The van der Waals surface area contributed by atoms with E-state index >= 15 is 4.39 Å². The fourth-order valence-electron chi connectivity index (χ4n) is 8.77. The van der Waals surface area contributed by atoms with Gasteiger partial charge in [0.1, 0.15) is 25.1 Å². The average Bonchev–Trinajstić information content (AvgIpc) is 3.69. The second-order valence-corrected chi connectivity index (χ2v) is 16.4. The quantitative estimate of drug-likeness (QED) is 0.0778. The van der Waals surface area contributed by atoms with E-state index in [1.54, 1.807) is 68.4 Å². The first-order valence-electron chi connectivity index (χ1n) is 21.4. The molecule has 2 aliphatic heterocycles. The minimum Gasteiger partial charge on any atom is -0.458 e. The van der Waals surface area contributed by atoms with Crippen molar-refractivity contribution in [1.29, 1.82) is 0 Å². The van der Waals surface area contributed by atoms with E-state index in [-0.39, 0.29) is 56.8 Å². The number of halogens is 1. The third-order valence-corrected chi connectivity index (χ3v) is 12.3. The lowest BCUT2D eigenvalue weighted by Gasteiger charge is -2.31. The topological polar surface area (TPSA) is 262 Å². The lowest BCUT2D eigenvalue weighted by molar-refractivity contribution is -0.172. The molecule has 8 rings (SSSR count). The van der Waals surface area contributed by atoms with Crippen LogP contribution in [0.5, 0.6) is 0 Å². The predicted molar refractivity (Wildman–Crippen MR) is 236 cm³/mol. The normalized spacial score (nSPS) is 17.0. The molecule has 0 unspecified atom stereocenters. The number of cyclic esters (lactones) is 1. The molecule has 5 amide bonds. The molecule has 5 aromatic rings. The Hall–Kier alpha value is -7.51. The molecule has 19 heteroatoms. The smallest absolute Gasteiger partial charge is 0.407 e. The minimum atomic E-state index is -2.03. The van der Waals surface area contributed by atoms with Crippen molar-refractivity contribution in [3.8, 4) is 11.4 Å². The molecule has 0 saturated heterocycles. The largest absolute Gasteiger partial charge is 0.458 e. The number of alkyl carbamates (subject to hydrolysis) is 1. The molecule has 2 aromatic heterocycles. The summed E-state index contributed by atoms with van der Waals surface area (Å²) < 4.78 is 27.7. The van der Waals surface area contributed by atoms with Gasteiger partial charge in [0.25, 0.3) is 5.56 Å². The third kappa shape index (κ3) is 8.81. The molecule has 8 N–H and O–H groups in total. The highest BCUT2D eigenvalue weighted by atomic mass is 19.1. The highest BCUT2D eigenvalue weighted by Gasteiger charge is 2.46. The van der Waals surface area contributed by atoms with Crippen molar-refractivity contribution in [2.45, 2.75) is 77.0 Å². The zero-order chi connectivity index (χ0) is 46.9. The van der Waals surface area contributed by atoms with Crippen LogP contribution < -0.4 is 37.9 Å². The van der Waals surface area contributed by atoms with Gasteiger partial charge >= 0.3 is 12.1 Å². The van der Waals surface area contributed by atoms with Crippen LogP contribution in [0.3, 0.4) is 0 Å². The van der Waals surface area contributed by atoms with Gasteiger partial charge < -0.3 is 51.5 Å². The fourth-order valence-corrected chi connectivity index (χ4v) is 8.77. The van der Waals surface area contributed by atoms with Gasteiger partial charge in [-0.15, -0.1) is 0 Å². The molecular weight excluding hydrogens is 856 g/mol. The van der Waals surface area contributed by atoms with Crippen LogP contribution >= 0.6 is 0 Å². The molecule has 0 saturated carbocycles. The van der Waals surface area contributed by atoms with Gasteiger partial charge in [-0.1, -0.05) is 49.4 Å². The van der Waals surface area contributed by atoms with Crippen LogP contribution in [0.15, 0.2) is 71.5 Å². The minimum absolute atomic E-state index is 0.0299. The molecule has 0 spiro atoms. The zero-order valence-electron chi connectivity index (χ0n) is 36.0. The van der Waals surface area contributed by atoms with Crippen molar-refractivity contribution < 1.29 is 47.7 Å². The summed E-state index contributed by atoms with van der Waals surface area (Å²) in [6.45, 7) is 1.87. The molecule has 342 valence electrons. The second kappa shape index (κ2) is 18.5. The van der Waals surface area contributed by atoms with Gasteiger partial charge in [-0.05, 0) is 72.2 Å². The second-order valence-electron chi connectivity index (χ2n) is 16.4. The maximum Gasteiger partial charge on any atom is 0.407 e. The maximum absolute atomic E-state index is 15.3. The van der Waals surface area contributed by atoms with Gasteiger partial charge in [-0.25, -0.2) is 19.0 Å². The predicted octanol–water partition coefficient (Wildman–Crippen LogP) is 2.30. The first kappa shape index (κ1) is 45.1. The van der Waals surface area contributed by atoms with Gasteiger partial charge in [-0.3, -0.25) is 24.0 Å². The summed E-state index contributed by atoms with van der Waals surface area (Å²) in [6.07, 6.45) is 0.189. The van der Waals surface area contributed by atoms with Crippen LogP contribution in [-0.2, 0) is 71.6 Å². The summed E-state index contributed by atoms with van der Waals surface area (Å²) in [5.74, 6) is -3.60. The summed E-state index contributed by atoms with van der Waals surface area (Å²) in [5, 5.41) is 25.2. The lowest BCUT2D eigenvalue weighted by atomic mass is 9.81. The van der Waals surface area contributed by atoms with E-state index in [4.69, 9.17) is 20.2 Å². The van der Waals surface area contributed by atoms with Crippen molar-refractivity contribution in [2.75, 3.05) is 25.0 Å². The summed E-state index contributed by atoms with van der Waals surface area (Å²) in [7, 11) is 0. The molecule has 3 atom stereocenters. The Morgan fingerprint density at radius 3 is 2.44 bits per heavy atom. The van der Waals surface area contributed by atoms with E-state index in [2.05, 4.69) is 26.6 Å². The number of anilines is 1. The first-order chi connectivity index (χ1) is 31.7. The van der Waals surface area contributed by atoms with Gasteiger partial charge in [-0.2, -0.15) is 0 Å². The van der Waals surface area contributed by atoms with Gasteiger partial charge in [0.2, 0.25) is 23.6 Å². The number of carbonyl (C=O) groups excluding carboxylic acids is 6. The third-order valence-electron chi connectivity index (χ3n) is 12.3. The molecule has 18 nitrogen and oxygen atoms in total. The number of aromatic nitrogens is 2. The Morgan fingerprint density at radius 2 is 1.71 bits per heavy atom. The molecule has 0 radical (unpaired) electrons. The van der Waals surface area contributed by atoms with Crippen molar-refractivity contribution in [3.05, 3.63) is 127 Å². The van der Waals surface area contributed by atoms with Crippen LogP contribution in [-0.4, -0.2) is 76.0 Å². The average molecular weight is 903 g/mol. The van der Waals surface area contributed by atoms with Crippen molar-refractivity contribution in [1.82, 2.24) is 30.8 Å². The summed E-state index contributed by atoms with van der Waals surface area (Å²) in [4.78, 5) is 94.9. The molecule has 3 aromatic carbocycles. The number of nitrogens with one attached hydrogen (secondary N) is 5. The molecule has 0 fully saturated rings. The van der Waals surface area contributed by atoms with Gasteiger partial charge in [0.15, 0.2) is 5.60 Å². The van der Waals surface area contributed by atoms with Crippen molar-refractivity contribution in [2.24, 2.45) is 5.73 Å². The molecule has 3 aliphatic rings. The van der Waals surface area contributed by atoms with Crippen LogP contribution in [0.1, 0.15) is 70.3 Å². The summed E-state index contributed by atoms with van der Waals surface area (Å²) >= 11 is 0. The van der Waals surface area contributed by atoms with Crippen LogP contribution in [0.25, 0.3) is 22.3 Å². The van der Waals surface area contributed by atoms with Crippen molar-refractivity contribution in [3.63, 3.8) is 0 Å². The number of esters is 1. The number of hydrogen-bond acceptors (Lipinski definition) is 12. The number of carbonyl (C=O) groups is 6. The number of ether oxygens (including phenoxy) is 2. The number of pyridine rings is 2. The Labute approximate surface area is 376 Å². The summed E-state index contributed by atoms with van der Waals surface area (Å²) in [5.41, 5.74) is 8.47. The molecule has 1 aliphatic carbocycles. The van der Waals surface area contributed by atoms with Crippen LogP contribution in [0.4, 0.5) is 14.9 Å². The van der Waals surface area contributed by atoms with E-state index in [0.29, 0.717) is 63.1 Å². The van der Waals surface area contributed by atoms with Crippen LogP contribution in [0.2, 0.25) is 0 Å². The number of rotatable bonds is 14. The SMILES string of the molecule is CC[C@]1(O)C(=O)OCc2c1cc1n(c2=O)Cc2c-1nc1cc(F)c(C)c3c1c2[C@H](NC(=O)OCc1ccc(NC(=O)CNC(=O)[C@H](Cc2ccccc2)NC(=O)CNC(=O)CN)cc1)CC3. The standard InChI is InChI=1S/C47H47FN8O10/c1-3-47(64)31-16-36-42-29(21-56(36)44(61)30(31)23-65-45(47)62)41-33(14-13-28-24(2)32(48)17-34(54-42)40(28)41)55-46(63)66-22-26-9-11-27(12-10-26)52-38(58)20-51-43(60)35(15-25-7-5-4-6-8-25)53-39(59)19-50-37(57)18-49/h4-12,16-17,33,35,64H,3,13-15,18-23,49H2,1-2H3,(H,50,57)(H,51,60)(H,52,58)(H,53,59)(H,55,63)/t33-,35+,47-/m1/s1. The highest BCUT2D eigenvalue weighted by molar-refractivity contribution is 5.97. The number of hydrogen-bond donors (Lipinski definition) is 7. The number of amides is 5. The Kier molecular flexibility index (Phi) is 12.7. The Morgan fingerprint density at radius 1 is 0.970 bits per heavy atom. The number of fused-ring (bicyclic) bond motifs is 5. The number of nitrogens with two attached hydrogens (primary N) is 1. The van der Waals surface area contributed by atoms with Gasteiger partial charge in [0, 0.05) is 34.7 Å². The fraction of sp³-hybridized carbons (Fsp3) is 0.319. The van der Waals surface area contributed by atoms with E-state index in [1.807, 2.05) is 6.07 Å². The first-order valence-corrected chi connectivity index (χ1v) is 21.4. The molecular formula is C47H47FN8O10. The Balaban J connectivity index is 0.915.